The van der Waals surface area contributed by atoms with Gasteiger partial charge in [-0.25, -0.2) is 8.42 Å². The summed E-state index contributed by atoms with van der Waals surface area (Å²) in [6.45, 7) is 5.30. The molecule has 3 rings (SSSR count). The fourth-order valence-corrected chi connectivity index (χ4v) is 6.01. The van der Waals surface area contributed by atoms with E-state index in [0.29, 0.717) is 22.7 Å². The summed E-state index contributed by atoms with van der Waals surface area (Å²) < 4.78 is 26.7. The third-order valence-corrected chi connectivity index (χ3v) is 8.32. The second-order valence-electron chi connectivity index (χ2n) is 10.00. The number of anilines is 1. The molecule has 1 atom stereocenters. The molecule has 1 unspecified atom stereocenters. The number of amides is 2. The molecule has 2 aromatic carbocycles. The Labute approximate surface area is 226 Å². The van der Waals surface area contributed by atoms with Crippen LogP contribution in [0.15, 0.2) is 42.5 Å². The lowest BCUT2D eigenvalue weighted by Crippen LogP contribution is -2.54. The Hall–Kier alpha value is -2.58. The van der Waals surface area contributed by atoms with Gasteiger partial charge < -0.3 is 10.2 Å². The van der Waals surface area contributed by atoms with Gasteiger partial charge >= 0.3 is 0 Å². The van der Waals surface area contributed by atoms with Crippen LogP contribution in [0, 0.1) is 13.8 Å². The van der Waals surface area contributed by atoms with Gasteiger partial charge in [-0.1, -0.05) is 62.1 Å². The van der Waals surface area contributed by atoms with E-state index in [9.17, 15) is 18.0 Å². The molecule has 1 aliphatic carbocycles. The minimum atomic E-state index is -3.78. The molecule has 7 nitrogen and oxygen atoms in total. The average Bonchev–Trinajstić information content (AvgIpc) is 2.82. The number of nitrogens with one attached hydrogen (secondary N) is 1. The lowest BCUT2D eigenvalue weighted by atomic mass is 9.95. The zero-order chi connectivity index (χ0) is 27.2. The van der Waals surface area contributed by atoms with Gasteiger partial charge in [0.2, 0.25) is 21.8 Å². The molecule has 0 saturated heterocycles. The zero-order valence-corrected chi connectivity index (χ0v) is 23.7. The molecule has 1 saturated carbocycles. The van der Waals surface area contributed by atoms with Crippen LogP contribution in [-0.4, -0.2) is 50.0 Å². The first-order chi connectivity index (χ1) is 17.5. The Morgan fingerprint density at radius 2 is 1.68 bits per heavy atom. The largest absolute Gasteiger partial charge is 0.352 e. The average molecular weight is 548 g/mol. The monoisotopic (exact) mass is 547 g/mol. The van der Waals surface area contributed by atoms with E-state index in [0.717, 1.165) is 47.4 Å². The second kappa shape index (κ2) is 12.8. The van der Waals surface area contributed by atoms with Crippen molar-refractivity contribution in [1.29, 1.82) is 0 Å². The molecule has 37 heavy (non-hydrogen) atoms. The fraction of sp³-hybridized carbons (Fsp3) is 0.500. The van der Waals surface area contributed by atoms with Crippen molar-refractivity contribution in [3.05, 3.63) is 64.2 Å². The quantitative estimate of drug-likeness (QED) is 0.454. The molecule has 1 N–H and O–H groups in total. The second-order valence-corrected chi connectivity index (χ2v) is 12.3. The predicted molar refractivity (Wildman–Crippen MR) is 149 cm³/mol. The minimum Gasteiger partial charge on any atom is -0.352 e. The van der Waals surface area contributed by atoms with Crippen LogP contribution in [0.2, 0.25) is 5.02 Å². The number of carbonyl (C=O) groups excluding carboxylic acids is 2. The smallest absolute Gasteiger partial charge is 0.244 e. The predicted octanol–water partition coefficient (Wildman–Crippen LogP) is 4.98. The van der Waals surface area contributed by atoms with Gasteiger partial charge in [0.25, 0.3) is 0 Å². The van der Waals surface area contributed by atoms with Gasteiger partial charge in [0.05, 0.1) is 11.9 Å². The van der Waals surface area contributed by atoms with Gasteiger partial charge in [0, 0.05) is 17.6 Å². The summed E-state index contributed by atoms with van der Waals surface area (Å²) in [6, 6.07) is 11.9. The third-order valence-electron chi connectivity index (χ3n) is 6.81. The molecule has 0 bridgehead atoms. The number of rotatable bonds is 10. The highest BCUT2D eigenvalue weighted by atomic mass is 35.5. The molecular weight excluding hydrogens is 510 g/mol. The number of sulfonamides is 1. The lowest BCUT2D eigenvalue weighted by molar-refractivity contribution is -0.140. The lowest BCUT2D eigenvalue weighted by Gasteiger charge is -2.34. The number of hydrogen-bond donors (Lipinski definition) is 1. The summed E-state index contributed by atoms with van der Waals surface area (Å²) in [5.74, 6) is -0.678. The van der Waals surface area contributed by atoms with Crippen LogP contribution in [0.1, 0.15) is 62.1 Å². The maximum absolute atomic E-state index is 13.9. The molecular formula is C28H38ClN3O4S. The molecule has 9 heteroatoms. The van der Waals surface area contributed by atoms with E-state index in [1.807, 2.05) is 39.0 Å². The van der Waals surface area contributed by atoms with Crippen molar-refractivity contribution in [2.24, 2.45) is 0 Å². The first-order valence-electron chi connectivity index (χ1n) is 12.9. The highest BCUT2D eigenvalue weighted by Gasteiger charge is 2.33. The third kappa shape index (κ3) is 7.95. The number of aryl methyl sites for hydroxylation is 2. The molecule has 2 amide bonds. The van der Waals surface area contributed by atoms with E-state index >= 15 is 0 Å². The zero-order valence-electron chi connectivity index (χ0n) is 22.2. The van der Waals surface area contributed by atoms with E-state index in [2.05, 4.69) is 5.32 Å². The molecule has 0 heterocycles. The molecule has 0 aliphatic heterocycles. The van der Waals surface area contributed by atoms with E-state index in [1.165, 1.54) is 11.3 Å². The minimum absolute atomic E-state index is 0.0929. The maximum Gasteiger partial charge on any atom is 0.244 e. The van der Waals surface area contributed by atoms with Crippen LogP contribution in [0.4, 0.5) is 5.69 Å². The summed E-state index contributed by atoms with van der Waals surface area (Å²) in [4.78, 5) is 28.8. The van der Waals surface area contributed by atoms with Crippen LogP contribution in [0.3, 0.4) is 0 Å². The van der Waals surface area contributed by atoms with Gasteiger partial charge in [-0.2, -0.15) is 0 Å². The van der Waals surface area contributed by atoms with E-state index in [4.69, 9.17) is 11.6 Å². The van der Waals surface area contributed by atoms with Crippen LogP contribution in [0.5, 0.6) is 0 Å². The summed E-state index contributed by atoms with van der Waals surface area (Å²) in [5, 5.41) is 3.62. The van der Waals surface area contributed by atoms with Gasteiger partial charge in [-0.15, -0.1) is 0 Å². The van der Waals surface area contributed by atoms with Crippen molar-refractivity contribution in [3.8, 4) is 0 Å². The van der Waals surface area contributed by atoms with Crippen molar-refractivity contribution in [3.63, 3.8) is 0 Å². The van der Waals surface area contributed by atoms with Crippen LogP contribution in [-0.2, 0) is 26.2 Å². The Morgan fingerprint density at radius 3 is 2.24 bits per heavy atom. The number of hydrogen-bond acceptors (Lipinski definition) is 4. The molecule has 0 radical (unpaired) electrons. The first kappa shape index (κ1) is 29.0. The van der Waals surface area contributed by atoms with Gasteiger partial charge in [0.15, 0.2) is 0 Å². The topological polar surface area (TPSA) is 86.8 Å². The Kier molecular flexibility index (Phi) is 10.0. The molecule has 1 fully saturated rings. The summed E-state index contributed by atoms with van der Waals surface area (Å²) >= 11 is 6.42. The summed E-state index contributed by atoms with van der Waals surface area (Å²) in [5.41, 5.74) is 2.90. The fourth-order valence-electron chi connectivity index (χ4n) is 4.98. The standard InChI is InChI=1S/C28H38ClN3O4S/c1-5-26(28(34)30-23-12-7-6-8-13-23)31(18-22-11-9-10-14-25(22)29)27(33)19-32(37(4,35)36)24-16-20(2)15-21(3)17-24/h9-11,14-17,23,26H,5-8,12-13,18-19H2,1-4H3,(H,30,34). The highest BCUT2D eigenvalue weighted by molar-refractivity contribution is 7.92. The number of carbonyl (C=O) groups is 2. The Morgan fingerprint density at radius 1 is 1.05 bits per heavy atom. The number of nitrogens with zero attached hydrogens (tertiary/aromatic N) is 2. The van der Waals surface area contributed by atoms with Crippen molar-refractivity contribution in [2.45, 2.75) is 77.9 Å². The molecule has 2 aromatic rings. The van der Waals surface area contributed by atoms with E-state index < -0.39 is 28.5 Å². The van der Waals surface area contributed by atoms with E-state index in [1.54, 1.807) is 24.3 Å². The van der Waals surface area contributed by atoms with Crippen LogP contribution in [0.25, 0.3) is 0 Å². The van der Waals surface area contributed by atoms with Gasteiger partial charge in [0.1, 0.15) is 12.6 Å². The van der Waals surface area contributed by atoms with Crippen LogP contribution >= 0.6 is 11.6 Å². The summed E-state index contributed by atoms with van der Waals surface area (Å²) in [6.07, 6.45) is 6.64. The van der Waals surface area contributed by atoms with Crippen molar-refractivity contribution < 1.29 is 18.0 Å². The molecule has 1 aliphatic rings. The Balaban J connectivity index is 1.94. The molecule has 202 valence electrons. The first-order valence-corrected chi connectivity index (χ1v) is 15.1. The van der Waals surface area contributed by atoms with Crippen LogP contribution < -0.4 is 9.62 Å². The highest BCUT2D eigenvalue weighted by Crippen LogP contribution is 2.24. The van der Waals surface area contributed by atoms with Crippen molar-refractivity contribution >= 4 is 39.1 Å². The number of halogens is 1. The molecule has 0 aromatic heterocycles. The van der Waals surface area contributed by atoms with Crippen molar-refractivity contribution in [2.75, 3.05) is 17.1 Å². The molecule has 0 spiro atoms. The van der Waals surface area contributed by atoms with Gasteiger partial charge in [-0.3, -0.25) is 13.9 Å². The maximum atomic E-state index is 13.9. The normalized spacial score (nSPS) is 15.2. The van der Waals surface area contributed by atoms with Gasteiger partial charge in [-0.05, 0) is 68.0 Å². The van der Waals surface area contributed by atoms with E-state index in [-0.39, 0.29) is 18.5 Å². The SMILES string of the molecule is CCC(C(=O)NC1CCCCC1)N(Cc1ccccc1Cl)C(=O)CN(c1cc(C)cc(C)c1)S(C)(=O)=O. The number of benzene rings is 2. The van der Waals surface area contributed by atoms with Crippen molar-refractivity contribution in [1.82, 2.24) is 10.2 Å². The summed E-state index contributed by atoms with van der Waals surface area (Å²) in [7, 11) is -3.78. The Bertz CT molecular complexity index is 1190.